The summed E-state index contributed by atoms with van der Waals surface area (Å²) in [7, 11) is -2.80. The molecule has 0 aliphatic heterocycles. The molecule has 12 heavy (non-hydrogen) atoms. The van der Waals surface area contributed by atoms with Gasteiger partial charge in [-0.2, -0.15) is 8.42 Å². The zero-order valence-electron chi connectivity index (χ0n) is 6.73. The maximum Gasteiger partial charge on any atom is 0.397 e. The van der Waals surface area contributed by atoms with Gasteiger partial charge in [0.1, 0.15) is 0 Å². The van der Waals surface area contributed by atoms with Gasteiger partial charge in [0.25, 0.3) is 0 Å². The second kappa shape index (κ2) is 6.32. The third-order valence-electron chi connectivity index (χ3n) is 0.892. The summed E-state index contributed by atoms with van der Waals surface area (Å²) in [5.74, 6) is 0. The Bertz CT molecular complexity index is 186. The van der Waals surface area contributed by atoms with Crippen molar-refractivity contribution in [2.75, 3.05) is 33.5 Å². The largest absolute Gasteiger partial charge is 0.397 e. The fraction of sp³-hybridized carbons (Fsp3) is 1.00. The van der Waals surface area contributed by atoms with Crippen molar-refractivity contribution in [3.05, 3.63) is 0 Å². The lowest BCUT2D eigenvalue weighted by Crippen LogP contribution is -2.11. The van der Waals surface area contributed by atoms with E-state index in [9.17, 15) is 8.42 Å². The highest BCUT2D eigenvalue weighted by molar-refractivity contribution is 7.80. The van der Waals surface area contributed by atoms with Gasteiger partial charge in [-0.15, -0.1) is 0 Å². The van der Waals surface area contributed by atoms with Crippen LogP contribution < -0.4 is 0 Å². The molecule has 6 nitrogen and oxygen atoms in total. The molecule has 0 radical (unpaired) electrons. The Morgan fingerprint density at radius 1 is 1.17 bits per heavy atom. The predicted molar refractivity (Wildman–Crippen MR) is 40.2 cm³/mol. The van der Waals surface area contributed by atoms with Gasteiger partial charge in [0.2, 0.25) is 0 Å². The van der Waals surface area contributed by atoms with Crippen molar-refractivity contribution in [3.8, 4) is 0 Å². The van der Waals surface area contributed by atoms with Crippen LogP contribution in [0.25, 0.3) is 0 Å². The van der Waals surface area contributed by atoms with Gasteiger partial charge in [0.05, 0.1) is 26.4 Å². The van der Waals surface area contributed by atoms with Crippen LogP contribution in [0, 0.1) is 0 Å². The fourth-order valence-electron chi connectivity index (χ4n) is 0.443. The average molecular weight is 200 g/mol. The first-order valence-electron chi connectivity index (χ1n) is 3.25. The van der Waals surface area contributed by atoms with Crippen LogP contribution in [0.2, 0.25) is 0 Å². The normalized spacial score (nSPS) is 11.8. The maximum atomic E-state index is 9.97. The number of ether oxygens (including phenoxy) is 2. The summed E-state index contributed by atoms with van der Waals surface area (Å²) < 4.78 is 41.5. The molecule has 0 aromatic carbocycles. The third kappa shape index (κ3) is 9.79. The van der Waals surface area contributed by atoms with Crippen LogP contribution in [0.1, 0.15) is 0 Å². The van der Waals surface area contributed by atoms with E-state index in [1.807, 2.05) is 0 Å². The summed E-state index contributed by atoms with van der Waals surface area (Å²) in [6.45, 7) is 0.711. The Morgan fingerprint density at radius 2 is 1.75 bits per heavy atom. The van der Waals surface area contributed by atoms with Crippen LogP contribution in [-0.2, 0) is 24.1 Å². The quantitative estimate of drug-likeness (QED) is 0.439. The summed E-state index contributed by atoms with van der Waals surface area (Å²) in [5.41, 5.74) is 0. The van der Waals surface area contributed by atoms with Crippen LogP contribution >= 0.6 is 0 Å². The number of hydrogen-bond acceptors (Lipinski definition) is 5. The molecule has 0 rings (SSSR count). The van der Waals surface area contributed by atoms with E-state index in [0.717, 1.165) is 0 Å². The van der Waals surface area contributed by atoms with E-state index in [0.29, 0.717) is 13.2 Å². The minimum absolute atomic E-state index is 0.100. The van der Waals surface area contributed by atoms with Gasteiger partial charge >= 0.3 is 10.4 Å². The molecule has 7 heteroatoms. The van der Waals surface area contributed by atoms with Crippen LogP contribution in [0.4, 0.5) is 0 Å². The summed E-state index contributed by atoms with van der Waals surface area (Å²) in [4.78, 5) is 0. The van der Waals surface area contributed by atoms with E-state index in [-0.39, 0.29) is 13.2 Å². The van der Waals surface area contributed by atoms with Gasteiger partial charge in [0.15, 0.2) is 0 Å². The molecule has 0 saturated carbocycles. The summed E-state index contributed by atoms with van der Waals surface area (Å²) in [5, 5.41) is 0. The van der Waals surface area contributed by atoms with Crippen molar-refractivity contribution in [1.29, 1.82) is 0 Å². The monoisotopic (exact) mass is 200 g/mol. The van der Waals surface area contributed by atoms with E-state index in [1.54, 1.807) is 0 Å². The van der Waals surface area contributed by atoms with Gasteiger partial charge in [-0.05, 0) is 0 Å². The molecule has 0 heterocycles. The van der Waals surface area contributed by atoms with Crippen LogP contribution in [0.3, 0.4) is 0 Å². The molecule has 1 N–H and O–H groups in total. The Kier molecular flexibility index (Phi) is 6.21. The first-order chi connectivity index (χ1) is 5.56. The number of hydrogen-bond donors (Lipinski definition) is 1. The molecule has 0 aromatic rings. The van der Waals surface area contributed by atoms with E-state index < -0.39 is 10.4 Å². The lowest BCUT2D eigenvalue weighted by atomic mass is 10.7. The maximum absolute atomic E-state index is 9.97. The standard InChI is InChI=1S/C5H12O6S/c1-9-2-3-10-4-5-11-12(6,7)8/h2-5H2,1H3,(H,6,7,8). The molecule has 0 unspecified atom stereocenters. The van der Waals surface area contributed by atoms with Crippen molar-refractivity contribution in [2.24, 2.45) is 0 Å². The van der Waals surface area contributed by atoms with Crippen molar-refractivity contribution in [3.63, 3.8) is 0 Å². The van der Waals surface area contributed by atoms with Gasteiger partial charge in [-0.1, -0.05) is 0 Å². The number of methoxy groups -OCH3 is 1. The van der Waals surface area contributed by atoms with Crippen molar-refractivity contribution in [2.45, 2.75) is 0 Å². The molecular weight excluding hydrogens is 188 g/mol. The zero-order chi connectivity index (χ0) is 9.45. The number of rotatable bonds is 7. The first-order valence-corrected chi connectivity index (χ1v) is 4.61. The summed E-state index contributed by atoms with van der Waals surface area (Å²) in [6.07, 6.45) is 0. The van der Waals surface area contributed by atoms with Gasteiger partial charge in [-0.3, -0.25) is 4.55 Å². The molecule has 0 spiro atoms. The molecule has 0 amide bonds. The second-order valence-electron chi connectivity index (χ2n) is 1.85. The Balaban J connectivity index is 3.12. The van der Waals surface area contributed by atoms with Gasteiger partial charge < -0.3 is 9.47 Å². The fourth-order valence-corrected chi connectivity index (χ4v) is 0.721. The SMILES string of the molecule is COCCOCCOS(=O)(=O)O. The lowest BCUT2D eigenvalue weighted by Gasteiger charge is -2.01. The van der Waals surface area contributed by atoms with E-state index in [1.165, 1.54) is 7.11 Å². The molecule has 0 aliphatic carbocycles. The van der Waals surface area contributed by atoms with Crippen LogP contribution in [0.5, 0.6) is 0 Å². The lowest BCUT2D eigenvalue weighted by molar-refractivity contribution is 0.0534. The summed E-state index contributed by atoms with van der Waals surface area (Å²) in [6, 6.07) is 0. The molecule has 0 atom stereocenters. The average Bonchev–Trinajstić information content (AvgIpc) is 1.94. The summed E-state index contributed by atoms with van der Waals surface area (Å²) >= 11 is 0. The van der Waals surface area contributed by atoms with E-state index in [4.69, 9.17) is 9.29 Å². The smallest absolute Gasteiger partial charge is 0.382 e. The van der Waals surface area contributed by atoms with Gasteiger partial charge in [0, 0.05) is 7.11 Å². The predicted octanol–water partition coefficient (Wildman–Crippen LogP) is -0.531. The molecule has 0 aromatic heterocycles. The van der Waals surface area contributed by atoms with E-state index in [2.05, 4.69) is 8.92 Å². The molecule has 0 aliphatic rings. The van der Waals surface area contributed by atoms with Crippen molar-refractivity contribution < 1.29 is 26.6 Å². The molecule has 0 saturated heterocycles. The molecular formula is C5H12O6S. The Hall–Kier alpha value is -0.210. The van der Waals surface area contributed by atoms with Crippen molar-refractivity contribution >= 4 is 10.4 Å². The van der Waals surface area contributed by atoms with Crippen molar-refractivity contribution in [1.82, 2.24) is 0 Å². The van der Waals surface area contributed by atoms with Gasteiger partial charge in [-0.25, -0.2) is 4.18 Å². The highest BCUT2D eigenvalue weighted by Gasteiger charge is 2.02. The highest BCUT2D eigenvalue weighted by atomic mass is 32.3. The topological polar surface area (TPSA) is 82.1 Å². The van der Waals surface area contributed by atoms with E-state index >= 15 is 0 Å². The Morgan fingerprint density at radius 3 is 2.25 bits per heavy atom. The first kappa shape index (κ1) is 11.8. The minimum atomic E-state index is -4.33. The highest BCUT2D eigenvalue weighted by Crippen LogP contribution is 1.85. The molecule has 0 bridgehead atoms. The Labute approximate surface area is 71.4 Å². The second-order valence-corrected chi connectivity index (χ2v) is 2.95. The third-order valence-corrected chi connectivity index (χ3v) is 1.36. The minimum Gasteiger partial charge on any atom is -0.382 e. The van der Waals surface area contributed by atoms with Crippen LogP contribution in [-0.4, -0.2) is 46.5 Å². The zero-order valence-corrected chi connectivity index (χ0v) is 7.54. The molecule has 74 valence electrons. The van der Waals surface area contributed by atoms with Crippen LogP contribution in [0.15, 0.2) is 0 Å². The molecule has 0 fully saturated rings.